The molecule has 1 atom stereocenters. The van der Waals surface area contributed by atoms with Gasteiger partial charge in [-0.2, -0.15) is 0 Å². The summed E-state index contributed by atoms with van der Waals surface area (Å²) in [6.07, 6.45) is 2.64. The lowest BCUT2D eigenvalue weighted by Gasteiger charge is -2.24. The molecule has 3 nitrogen and oxygen atoms in total. The third kappa shape index (κ3) is 3.87. The zero-order chi connectivity index (χ0) is 12.1. The van der Waals surface area contributed by atoms with Crippen molar-refractivity contribution in [2.75, 3.05) is 27.2 Å². The zero-order valence-electron chi connectivity index (χ0n) is 11.2. The van der Waals surface area contributed by atoms with Crippen LogP contribution in [0.3, 0.4) is 0 Å². The van der Waals surface area contributed by atoms with E-state index in [4.69, 9.17) is 4.74 Å². The second-order valence-corrected chi connectivity index (χ2v) is 4.67. The monoisotopic (exact) mass is 270 g/mol. The van der Waals surface area contributed by atoms with Gasteiger partial charge in [0.2, 0.25) is 0 Å². The number of methoxy groups -OCH3 is 1. The Morgan fingerprint density at radius 3 is 2.67 bits per heavy atom. The van der Waals surface area contributed by atoms with Crippen LogP contribution >= 0.6 is 12.4 Å². The number of likely N-dealkylation sites (tertiary alicyclic amines) is 1. The Morgan fingerprint density at radius 1 is 1.33 bits per heavy atom. The zero-order valence-corrected chi connectivity index (χ0v) is 12.0. The van der Waals surface area contributed by atoms with Crippen LogP contribution in [0, 0.1) is 0 Å². The van der Waals surface area contributed by atoms with Crippen LogP contribution in [0.5, 0.6) is 5.75 Å². The van der Waals surface area contributed by atoms with Crippen molar-refractivity contribution in [3.63, 3.8) is 0 Å². The van der Waals surface area contributed by atoms with Gasteiger partial charge in [-0.25, -0.2) is 0 Å². The lowest BCUT2D eigenvalue weighted by Crippen LogP contribution is -2.36. The third-order valence-corrected chi connectivity index (χ3v) is 3.48. The van der Waals surface area contributed by atoms with E-state index in [1.54, 1.807) is 7.11 Å². The van der Waals surface area contributed by atoms with Crippen molar-refractivity contribution in [3.8, 4) is 5.75 Å². The molecule has 1 unspecified atom stereocenters. The molecule has 1 saturated heterocycles. The van der Waals surface area contributed by atoms with E-state index >= 15 is 0 Å². The summed E-state index contributed by atoms with van der Waals surface area (Å²) in [5.74, 6) is 0.932. The summed E-state index contributed by atoms with van der Waals surface area (Å²) in [7, 11) is 3.74. The van der Waals surface area contributed by atoms with E-state index in [2.05, 4.69) is 22.3 Å². The second kappa shape index (κ2) is 7.62. The maximum Gasteiger partial charge on any atom is 0.118 e. The first kappa shape index (κ1) is 15.3. The summed E-state index contributed by atoms with van der Waals surface area (Å²) < 4.78 is 5.18. The normalized spacial score (nSPS) is 19.6. The smallest absolute Gasteiger partial charge is 0.118 e. The minimum atomic E-state index is 0. The van der Waals surface area contributed by atoms with Crippen LogP contribution in [0.1, 0.15) is 18.4 Å². The fourth-order valence-corrected chi connectivity index (χ4v) is 2.54. The van der Waals surface area contributed by atoms with Crippen LogP contribution in [0.2, 0.25) is 0 Å². The van der Waals surface area contributed by atoms with Gasteiger partial charge in [-0.1, -0.05) is 12.1 Å². The number of hydrogen-bond donors (Lipinski definition) is 1. The molecule has 1 aliphatic rings. The molecule has 1 fully saturated rings. The van der Waals surface area contributed by atoms with Gasteiger partial charge in [0.1, 0.15) is 5.75 Å². The van der Waals surface area contributed by atoms with Crippen molar-refractivity contribution in [1.82, 2.24) is 10.2 Å². The van der Waals surface area contributed by atoms with E-state index < -0.39 is 0 Å². The average molecular weight is 271 g/mol. The maximum absolute atomic E-state index is 5.18. The predicted molar refractivity (Wildman–Crippen MR) is 77.6 cm³/mol. The molecular weight excluding hydrogens is 248 g/mol. The highest BCUT2D eigenvalue weighted by molar-refractivity contribution is 5.85. The Hall–Kier alpha value is -0.770. The molecule has 4 heteroatoms. The van der Waals surface area contributed by atoms with Gasteiger partial charge in [-0.15, -0.1) is 12.4 Å². The minimum Gasteiger partial charge on any atom is -0.497 e. The van der Waals surface area contributed by atoms with E-state index in [1.807, 2.05) is 19.2 Å². The fraction of sp³-hybridized carbons (Fsp3) is 0.571. The molecule has 1 heterocycles. The van der Waals surface area contributed by atoms with Gasteiger partial charge in [0.05, 0.1) is 7.11 Å². The molecule has 102 valence electrons. The van der Waals surface area contributed by atoms with Gasteiger partial charge >= 0.3 is 0 Å². The van der Waals surface area contributed by atoms with Crippen LogP contribution in [-0.4, -0.2) is 38.2 Å². The first-order chi connectivity index (χ1) is 8.33. The van der Waals surface area contributed by atoms with Gasteiger partial charge < -0.3 is 10.1 Å². The Balaban J connectivity index is 0.00000162. The molecule has 1 N–H and O–H groups in total. The molecule has 0 aliphatic carbocycles. The van der Waals surface area contributed by atoms with Crippen molar-refractivity contribution in [3.05, 3.63) is 29.8 Å². The molecule has 0 radical (unpaired) electrons. The summed E-state index contributed by atoms with van der Waals surface area (Å²) in [6, 6.07) is 9.10. The van der Waals surface area contributed by atoms with E-state index in [0.29, 0.717) is 6.04 Å². The highest BCUT2D eigenvalue weighted by Gasteiger charge is 2.23. The van der Waals surface area contributed by atoms with Gasteiger partial charge in [0.15, 0.2) is 0 Å². The number of rotatable bonds is 5. The number of hydrogen-bond acceptors (Lipinski definition) is 3. The lowest BCUT2D eigenvalue weighted by atomic mass is 10.1. The molecule has 0 bridgehead atoms. The molecule has 0 saturated carbocycles. The van der Waals surface area contributed by atoms with Crippen LogP contribution in [0.15, 0.2) is 24.3 Å². The van der Waals surface area contributed by atoms with Gasteiger partial charge in [0.25, 0.3) is 0 Å². The number of nitrogens with zero attached hydrogens (tertiary/aromatic N) is 1. The van der Waals surface area contributed by atoms with Crippen molar-refractivity contribution >= 4 is 12.4 Å². The van der Waals surface area contributed by atoms with E-state index in [1.165, 1.54) is 24.9 Å². The predicted octanol–water partition coefficient (Wildman–Crippen LogP) is 2.30. The Labute approximate surface area is 116 Å². The van der Waals surface area contributed by atoms with E-state index in [-0.39, 0.29) is 12.4 Å². The first-order valence-corrected chi connectivity index (χ1v) is 6.35. The largest absolute Gasteiger partial charge is 0.497 e. The van der Waals surface area contributed by atoms with Gasteiger partial charge in [-0.05, 0) is 44.1 Å². The molecule has 2 rings (SSSR count). The molecule has 18 heavy (non-hydrogen) atoms. The number of likely N-dealkylation sites (N-methyl/N-ethyl adjacent to an activating group) is 1. The number of halogens is 1. The summed E-state index contributed by atoms with van der Waals surface area (Å²) >= 11 is 0. The minimum absolute atomic E-state index is 0. The molecule has 1 aromatic rings. The number of nitrogens with one attached hydrogen (secondary N) is 1. The maximum atomic E-state index is 5.18. The highest BCUT2D eigenvalue weighted by atomic mass is 35.5. The molecule has 0 aromatic heterocycles. The topological polar surface area (TPSA) is 24.5 Å². The summed E-state index contributed by atoms with van der Waals surface area (Å²) in [6.45, 7) is 3.37. The first-order valence-electron chi connectivity index (χ1n) is 6.35. The molecule has 1 aliphatic heterocycles. The van der Waals surface area contributed by atoms with Crippen LogP contribution in [-0.2, 0) is 6.54 Å². The highest BCUT2D eigenvalue weighted by Crippen LogP contribution is 2.20. The van der Waals surface area contributed by atoms with E-state index in [0.717, 1.165) is 18.8 Å². The molecular formula is C14H23ClN2O. The van der Waals surface area contributed by atoms with Crippen molar-refractivity contribution < 1.29 is 4.74 Å². The Morgan fingerprint density at radius 2 is 2.06 bits per heavy atom. The Kier molecular flexibility index (Phi) is 6.47. The lowest BCUT2D eigenvalue weighted by molar-refractivity contribution is 0.242. The van der Waals surface area contributed by atoms with Crippen molar-refractivity contribution in [2.24, 2.45) is 0 Å². The summed E-state index contributed by atoms with van der Waals surface area (Å²) in [5, 5.41) is 3.28. The van der Waals surface area contributed by atoms with Crippen molar-refractivity contribution in [2.45, 2.75) is 25.4 Å². The Bertz CT molecular complexity index is 342. The fourth-order valence-electron chi connectivity index (χ4n) is 2.54. The standard InChI is InChI=1S/C14H22N2O.ClH/c1-15-10-13-4-3-9-16(13)11-12-5-7-14(17-2)8-6-12;/h5-8,13,15H,3-4,9-11H2,1-2H3;1H. The third-order valence-electron chi connectivity index (χ3n) is 3.48. The van der Waals surface area contributed by atoms with Gasteiger partial charge in [0, 0.05) is 19.1 Å². The number of ether oxygens (including phenoxy) is 1. The van der Waals surface area contributed by atoms with Crippen LogP contribution in [0.4, 0.5) is 0 Å². The molecule has 1 aromatic carbocycles. The van der Waals surface area contributed by atoms with Crippen LogP contribution < -0.4 is 10.1 Å². The van der Waals surface area contributed by atoms with Crippen molar-refractivity contribution in [1.29, 1.82) is 0 Å². The SMILES string of the molecule is CNCC1CCCN1Cc1ccc(OC)cc1.Cl. The quantitative estimate of drug-likeness (QED) is 0.889. The average Bonchev–Trinajstić information content (AvgIpc) is 2.78. The van der Waals surface area contributed by atoms with E-state index in [9.17, 15) is 0 Å². The molecule has 0 amide bonds. The number of benzene rings is 1. The second-order valence-electron chi connectivity index (χ2n) is 4.67. The summed E-state index contributed by atoms with van der Waals surface area (Å²) in [5.41, 5.74) is 1.37. The molecule has 0 spiro atoms. The van der Waals surface area contributed by atoms with Gasteiger partial charge in [-0.3, -0.25) is 4.90 Å². The van der Waals surface area contributed by atoms with Crippen LogP contribution in [0.25, 0.3) is 0 Å². The summed E-state index contributed by atoms with van der Waals surface area (Å²) in [4.78, 5) is 2.57.